The summed E-state index contributed by atoms with van der Waals surface area (Å²) in [5.74, 6) is 0.657. The number of piperazine rings is 1. The van der Waals surface area contributed by atoms with Crippen molar-refractivity contribution >= 4 is 35.8 Å². The normalized spacial score (nSPS) is 21.3. The van der Waals surface area contributed by atoms with Crippen LogP contribution in [0.5, 0.6) is 0 Å². The van der Waals surface area contributed by atoms with Crippen molar-refractivity contribution in [2.45, 2.75) is 59.6 Å². The van der Waals surface area contributed by atoms with Gasteiger partial charge in [0.1, 0.15) is 0 Å². The summed E-state index contributed by atoms with van der Waals surface area (Å²) in [5, 5.41) is 4.09. The first-order valence-electron chi connectivity index (χ1n) is 12.0. The fourth-order valence-electron chi connectivity index (χ4n) is 2.71. The Balaban J connectivity index is 0.000000589. The van der Waals surface area contributed by atoms with Crippen LogP contribution in [0.15, 0.2) is 51.5 Å². The number of halogens is 1. The van der Waals surface area contributed by atoms with Gasteiger partial charge in [-0.15, -0.1) is 0 Å². The Morgan fingerprint density at radius 3 is 2.36 bits per heavy atom. The predicted octanol–water partition coefficient (Wildman–Crippen LogP) is 6.06. The molecule has 1 N–H and O–H groups in total. The summed E-state index contributed by atoms with van der Waals surface area (Å²) in [6, 6.07) is 0. The van der Waals surface area contributed by atoms with Gasteiger partial charge in [-0.1, -0.05) is 81.3 Å². The molecule has 2 aliphatic rings. The van der Waals surface area contributed by atoms with Crippen LogP contribution in [0, 0.1) is 5.92 Å². The van der Waals surface area contributed by atoms with Crippen LogP contribution in [0.1, 0.15) is 54.4 Å². The first kappa shape index (κ1) is 31.5. The highest BCUT2D eigenvalue weighted by Gasteiger charge is 2.14. The van der Waals surface area contributed by atoms with Gasteiger partial charge in [-0.2, -0.15) is 0 Å². The first-order valence-corrected chi connectivity index (χ1v) is 13.2. The van der Waals surface area contributed by atoms with E-state index in [2.05, 4.69) is 57.8 Å². The molecule has 0 radical (unpaired) electrons. The maximum atomic E-state index is 10.8. The minimum atomic E-state index is 0.0791. The van der Waals surface area contributed by atoms with Gasteiger partial charge in [0.05, 0.1) is 11.6 Å². The summed E-state index contributed by atoms with van der Waals surface area (Å²) in [4.78, 5) is 15.5. The van der Waals surface area contributed by atoms with Crippen LogP contribution >= 0.6 is 23.5 Å². The maximum absolute atomic E-state index is 10.8. The Morgan fingerprint density at radius 1 is 1.15 bits per heavy atom. The number of allylic oxidation sites excluding steroid dienone is 6. The van der Waals surface area contributed by atoms with E-state index < -0.39 is 0 Å². The monoisotopic (exact) mass is 496 g/mol. The highest BCUT2D eigenvalue weighted by molar-refractivity contribution is 7.98. The number of likely N-dealkylation sites (N-methyl/N-ethyl adjacent to an activating group) is 1. The lowest BCUT2D eigenvalue weighted by atomic mass is 10.0. The van der Waals surface area contributed by atoms with E-state index in [1.807, 2.05) is 53.1 Å². The summed E-state index contributed by atoms with van der Waals surface area (Å²) >= 11 is 7.47. The number of carbonyl (C=O) groups is 1. The van der Waals surface area contributed by atoms with Gasteiger partial charge in [0.15, 0.2) is 0 Å². The highest BCUT2D eigenvalue weighted by atomic mass is 35.5. The van der Waals surface area contributed by atoms with Gasteiger partial charge in [-0.25, -0.2) is 4.40 Å². The van der Waals surface area contributed by atoms with Crippen LogP contribution in [0.4, 0.5) is 0 Å². The Bertz CT molecular complexity index is 676. The molecular weight excluding hydrogens is 452 g/mol. The molecule has 2 unspecified atom stereocenters. The minimum absolute atomic E-state index is 0.0791. The summed E-state index contributed by atoms with van der Waals surface area (Å²) in [6.45, 7) is 17.0. The van der Waals surface area contributed by atoms with E-state index in [4.69, 9.17) is 11.6 Å². The largest absolute Gasteiger partial charge is 0.359 e. The third-order valence-corrected chi connectivity index (χ3v) is 6.56. The molecule has 1 aliphatic carbocycles. The van der Waals surface area contributed by atoms with Crippen molar-refractivity contribution < 1.29 is 4.79 Å². The molecule has 1 amide bonds. The Labute approximate surface area is 212 Å². The Morgan fingerprint density at radius 2 is 1.79 bits per heavy atom. The molecule has 33 heavy (non-hydrogen) atoms. The second-order valence-corrected chi connectivity index (χ2v) is 9.44. The van der Waals surface area contributed by atoms with Gasteiger partial charge >= 0.3 is 0 Å². The molecule has 2 rings (SSSR count). The van der Waals surface area contributed by atoms with Crippen molar-refractivity contribution in [1.82, 2.24) is 15.1 Å². The molecular formula is C26H45ClN4OS. The topological polar surface area (TPSA) is 47.9 Å². The zero-order valence-corrected chi connectivity index (χ0v) is 23.3. The van der Waals surface area contributed by atoms with E-state index in [0.717, 1.165) is 43.2 Å². The Hall–Kier alpha value is -1.50. The molecule has 0 saturated carbocycles. The van der Waals surface area contributed by atoms with Crippen molar-refractivity contribution in [3.63, 3.8) is 0 Å². The summed E-state index contributed by atoms with van der Waals surface area (Å²) in [6.07, 6.45) is 16.0. The van der Waals surface area contributed by atoms with Gasteiger partial charge in [0.2, 0.25) is 5.91 Å². The SMILES string of the molecule is CC.CC1C=CC=CC1S/N=C/N1CCN(C)CC1.CCC(=O)NC/C=C\C/C(C)=C(\C)Cl. The summed E-state index contributed by atoms with van der Waals surface area (Å²) in [5.41, 5.74) is 1.16. The van der Waals surface area contributed by atoms with E-state index in [1.54, 1.807) is 11.9 Å². The van der Waals surface area contributed by atoms with Crippen molar-refractivity contribution in [1.29, 1.82) is 0 Å². The number of carbonyl (C=O) groups excluding carboxylic acids is 1. The molecule has 0 aromatic carbocycles. The number of nitrogens with zero attached hydrogens (tertiary/aromatic N) is 3. The summed E-state index contributed by atoms with van der Waals surface area (Å²) in [7, 11) is 2.17. The second-order valence-electron chi connectivity index (χ2n) is 7.91. The molecule has 188 valence electrons. The van der Waals surface area contributed by atoms with Gasteiger partial charge < -0.3 is 15.1 Å². The van der Waals surface area contributed by atoms with Gasteiger partial charge in [-0.05, 0) is 45.2 Å². The average Bonchev–Trinajstić information content (AvgIpc) is 2.82. The molecule has 1 fully saturated rings. The molecule has 1 heterocycles. The molecule has 7 heteroatoms. The van der Waals surface area contributed by atoms with Crippen LogP contribution in [-0.4, -0.2) is 67.1 Å². The first-order chi connectivity index (χ1) is 15.8. The number of nitrogens with one attached hydrogen (secondary N) is 1. The quantitative estimate of drug-likeness (QED) is 0.192. The lowest BCUT2D eigenvalue weighted by molar-refractivity contribution is -0.120. The fourth-order valence-corrected chi connectivity index (χ4v) is 3.56. The zero-order chi connectivity index (χ0) is 25.1. The zero-order valence-electron chi connectivity index (χ0n) is 21.7. The minimum Gasteiger partial charge on any atom is -0.359 e. The van der Waals surface area contributed by atoms with Crippen LogP contribution in [-0.2, 0) is 4.79 Å². The molecule has 1 saturated heterocycles. The second kappa shape index (κ2) is 19.9. The molecule has 2 atom stereocenters. The lowest BCUT2D eigenvalue weighted by Crippen LogP contribution is -2.43. The fraction of sp³-hybridized carbons (Fsp3) is 0.615. The summed E-state index contributed by atoms with van der Waals surface area (Å²) < 4.78 is 4.51. The van der Waals surface area contributed by atoms with Crippen LogP contribution < -0.4 is 5.32 Å². The van der Waals surface area contributed by atoms with Gasteiger partial charge in [0.25, 0.3) is 0 Å². The molecule has 0 bridgehead atoms. The third kappa shape index (κ3) is 15.9. The third-order valence-electron chi connectivity index (χ3n) is 5.19. The van der Waals surface area contributed by atoms with Crippen LogP contribution in [0.25, 0.3) is 0 Å². The maximum Gasteiger partial charge on any atom is 0.219 e. The number of hydrogen-bond donors (Lipinski definition) is 1. The van der Waals surface area contributed by atoms with Crippen molar-refractivity contribution in [3.05, 3.63) is 47.1 Å². The van der Waals surface area contributed by atoms with Crippen molar-refractivity contribution in [2.24, 2.45) is 10.3 Å². The number of amides is 1. The van der Waals surface area contributed by atoms with E-state index in [-0.39, 0.29) is 5.91 Å². The predicted molar refractivity (Wildman–Crippen MR) is 149 cm³/mol. The molecule has 5 nitrogen and oxygen atoms in total. The molecule has 1 aliphatic heterocycles. The van der Waals surface area contributed by atoms with Gasteiger partial charge in [0, 0.05) is 44.2 Å². The van der Waals surface area contributed by atoms with Crippen LogP contribution in [0.2, 0.25) is 0 Å². The van der Waals surface area contributed by atoms with Crippen molar-refractivity contribution in [3.8, 4) is 0 Å². The smallest absolute Gasteiger partial charge is 0.219 e. The molecule has 0 aromatic rings. The number of rotatable bonds is 8. The average molecular weight is 497 g/mol. The van der Waals surface area contributed by atoms with Gasteiger partial charge in [-0.3, -0.25) is 4.79 Å². The van der Waals surface area contributed by atoms with E-state index >= 15 is 0 Å². The standard InChI is InChI=1S/C13H21N3S.C11H18ClNO.C2H6/c1-12-5-3-4-6-13(12)17-14-11-16-9-7-15(2)8-10-16;1-4-11(14)13-8-6-5-7-9(2)10(3)12;1-2/h3-6,11-13H,7-10H2,1-2H3;5-6H,4,7-8H2,1-3H3,(H,13,14);1-2H3/b14-11+;6-5-,10-9+;. The van der Waals surface area contributed by atoms with Crippen molar-refractivity contribution in [2.75, 3.05) is 39.8 Å². The Kier molecular flexibility index (Phi) is 19.0. The van der Waals surface area contributed by atoms with E-state index in [9.17, 15) is 4.79 Å². The highest BCUT2D eigenvalue weighted by Crippen LogP contribution is 2.25. The van der Waals surface area contributed by atoms with E-state index in [1.165, 1.54) is 0 Å². The van der Waals surface area contributed by atoms with Crippen LogP contribution in [0.3, 0.4) is 0 Å². The number of hydrogen-bond acceptors (Lipinski definition) is 4. The lowest BCUT2D eigenvalue weighted by Gasteiger charge is -2.30. The molecule has 0 spiro atoms. The molecule has 0 aromatic heterocycles. The van der Waals surface area contributed by atoms with E-state index in [0.29, 0.717) is 24.1 Å².